The van der Waals surface area contributed by atoms with Gasteiger partial charge in [0, 0.05) is 5.92 Å². The molecule has 29 heavy (non-hydrogen) atoms. The standard InChI is InChI=1S/C19H26O8S2/c1-19(2,17-11-13-4-5-15(17)10-13)24-18(20)14-6-8-16(9-7-14)25-29(21,22)12-28-27-26-23-3/h6-9,13,15,17H,4-5,10-12H2,1-3H3. The van der Waals surface area contributed by atoms with E-state index in [1.54, 1.807) is 0 Å². The number of hydrogen-bond acceptors (Lipinski definition) is 9. The minimum absolute atomic E-state index is 0.0853. The molecule has 2 aliphatic carbocycles. The highest BCUT2D eigenvalue weighted by molar-refractivity contribution is 8.08. The van der Waals surface area contributed by atoms with Crippen molar-refractivity contribution in [2.75, 3.05) is 12.2 Å². The van der Waals surface area contributed by atoms with Crippen LogP contribution in [-0.4, -0.2) is 32.2 Å². The van der Waals surface area contributed by atoms with Crippen LogP contribution in [0.2, 0.25) is 0 Å². The largest absolute Gasteiger partial charge is 0.456 e. The maximum atomic E-state index is 12.6. The van der Waals surface area contributed by atoms with Crippen molar-refractivity contribution in [3.8, 4) is 5.75 Å². The van der Waals surface area contributed by atoms with Gasteiger partial charge in [-0.05, 0) is 69.2 Å². The monoisotopic (exact) mass is 446 g/mol. The molecule has 8 nitrogen and oxygen atoms in total. The third-order valence-electron chi connectivity index (χ3n) is 5.64. The first kappa shape index (κ1) is 22.4. The van der Waals surface area contributed by atoms with Gasteiger partial charge in [0.25, 0.3) is 0 Å². The molecule has 1 aromatic carbocycles. The average Bonchev–Trinajstić information content (AvgIpc) is 3.29. The first-order chi connectivity index (χ1) is 13.7. The summed E-state index contributed by atoms with van der Waals surface area (Å²) in [6.45, 7) is 3.96. The van der Waals surface area contributed by atoms with Crippen LogP contribution in [0.5, 0.6) is 5.75 Å². The Hall–Kier alpha value is -1.33. The number of fused-ring (bicyclic) bond motifs is 2. The van der Waals surface area contributed by atoms with E-state index in [2.05, 4.69) is 14.3 Å². The molecule has 162 valence electrons. The Morgan fingerprint density at radius 3 is 2.48 bits per heavy atom. The van der Waals surface area contributed by atoms with Crippen LogP contribution in [-0.2, 0) is 29.1 Å². The molecule has 0 heterocycles. The lowest BCUT2D eigenvalue weighted by atomic mass is 9.78. The van der Waals surface area contributed by atoms with Crippen molar-refractivity contribution >= 4 is 28.1 Å². The van der Waals surface area contributed by atoms with E-state index in [1.807, 2.05) is 13.8 Å². The number of carbonyl (C=O) groups excluding carboxylic acids is 1. The van der Waals surface area contributed by atoms with Gasteiger partial charge in [-0.2, -0.15) is 8.42 Å². The van der Waals surface area contributed by atoms with Crippen LogP contribution in [0.3, 0.4) is 0 Å². The van der Waals surface area contributed by atoms with E-state index < -0.39 is 26.8 Å². The fourth-order valence-corrected chi connectivity index (χ4v) is 5.73. The van der Waals surface area contributed by atoms with E-state index in [1.165, 1.54) is 50.6 Å². The number of ether oxygens (including phenoxy) is 1. The molecule has 0 N–H and O–H groups in total. The van der Waals surface area contributed by atoms with Crippen molar-refractivity contribution in [2.24, 2.45) is 17.8 Å². The van der Waals surface area contributed by atoms with E-state index in [0.29, 0.717) is 29.4 Å². The minimum Gasteiger partial charge on any atom is -0.456 e. The van der Waals surface area contributed by atoms with Crippen molar-refractivity contribution in [1.29, 1.82) is 0 Å². The Morgan fingerprint density at radius 1 is 1.17 bits per heavy atom. The van der Waals surface area contributed by atoms with E-state index in [9.17, 15) is 13.2 Å². The predicted molar refractivity (Wildman–Crippen MR) is 106 cm³/mol. The van der Waals surface area contributed by atoms with Crippen LogP contribution in [0.15, 0.2) is 24.3 Å². The van der Waals surface area contributed by atoms with E-state index in [0.717, 1.165) is 12.3 Å². The average molecular weight is 447 g/mol. The summed E-state index contributed by atoms with van der Waals surface area (Å²) >= 11 is 0.501. The molecule has 2 aliphatic rings. The van der Waals surface area contributed by atoms with Gasteiger partial charge in [-0.15, -0.1) is 4.33 Å². The molecule has 3 rings (SSSR count). The Labute approximate surface area is 175 Å². The van der Waals surface area contributed by atoms with Crippen molar-refractivity contribution in [3.63, 3.8) is 0 Å². The van der Waals surface area contributed by atoms with Crippen molar-refractivity contribution < 1.29 is 36.4 Å². The molecule has 3 atom stereocenters. The van der Waals surface area contributed by atoms with Gasteiger partial charge >= 0.3 is 16.1 Å². The number of carbonyl (C=O) groups is 1. The molecule has 3 unspecified atom stereocenters. The molecule has 1 aromatic rings. The normalized spacial score (nSPS) is 23.9. The summed E-state index contributed by atoms with van der Waals surface area (Å²) in [5.41, 5.74) is -0.186. The van der Waals surface area contributed by atoms with Gasteiger partial charge in [-0.25, -0.2) is 9.68 Å². The highest BCUT2D eigenvalue weighted by atomic mass is 32.3. The third-order valence-corrected chi connectivity index (χ3v) is 7.77. The topological polar surface area (TPSA) is 97.4 Å². The molecule has 2 fully saturated rings. The third kappa shape index (κ3) is 5.85. The van der Waals surface area contributed by atoms with Gasteiger partial charge in [-0.3, -0.25) is 0 Å². The van der Waals surface area contributed by atoms with E-state index in [-0.39, 0.29) is 5.75 Å². The second-order valence-electron chi connectivity index (χ2n) is 7.98. The maximum Gasteiger partial charge on any atom is 0.338 e. The van der Waals surface area contributed by atoms with Crippen LogP contribution in [0.4, 0.5) is 0 Å². The van der Waals surface area contributed by atoms with Crippen LogP contribution in [0.25, 0.3) is 0 Å². The van der Waals surface area contributed by atoms with Crippen LogP contribution < -0.4 is 4.18 Å². The Morgan fingerprint density at radius 2 is 1.90 bits per heavy atom. The second-order valence-corrected chi connectivity index (χ2v) is 10.6. The van der Waals surface area contributed by atoms with E-state index in [4.69, 9.17) is 8.92 Å². The summed E-state index contributed by atoms with van der Waals surface area (Å²) in [4.78, 5) is 16.8. The van der Waals surface area contributed by atoms with Gasteiger partial charge in [0.05, 0.1) is 24.7 Å². The van der Waals surface area contributed by atoms with Crippen LogP contribution >= 0.6 is 12.0 Å². The number of benzene rings is 1. The van der Waals surface area contributed by atoms with E-state index >= 15 is 0 Å². The second kappa shape index (κ2) is 9.22. The first-order valence-corrected chi connectivity index (χ1v) is 11.9. The predicted octanol–water partition coefficient (Wildman–Crippen LogP) is 3.88. The molecule has 2 bridgehead atoms. The molecule has 0 radical (unpaired) electrons. The summed E-state index contributed by atoms with van der Waals surface area (Å²) in [5.74, 6) is 1.46. The minimum atomic E-state index is -3.91. The lowest BCUT2D eigenvalue weighted by Gasteiger charge is -2.36. The molecule has 0 spiro atoms. The zero-order valence-corrected chi connectivity index (χ0v) is 18.3. The molecular weight excluding hydrogens is 420 g/mol. The zero-order valence-electron chi connectivity index (χ0n) is 16.7. The molecule has 0 aliphatic heterocycles. The lowest BCUT2D eigenvalue weighted by molar-refractivity contribution is -0.447. The maximum absolute atomic E-state index is 12.6. The summed E-state index contributed by atoms with van der Waals surface area (Å²) in [6.07, 6.45) is 4.87. The highest BCUT2D eigenvalue weighted by Gasteiger charge is 2.48. The smallest absolute Gasteiger partial charge is 0.338 e. The Balaban J connectivity index is 1.54. The van der Waals surface area contributed by atoms with Crippen molar-refractivity contribution in [2.45, 2.75) is 45.1 Å². The molecule has 0 saturated heterocycles. The van der Waals surface area contributed by atoms with Crippen molar-refractivity contribution in [3.05, 3.63) is 29.8 Å². The molecular formula is C19H26O8S2. The fourth-order valence-electron chi connectivity index (χ4n) is 4.41. The van der Waals surface area contributed by atoms with Gasteiger partial charge < -0.3 is 8.92 Å². The summed E-state index contributed by atoms with van der Waals surface area (Å²) in [6, 6.07) is 5.80. The lowest BCUT2D eigenvalue weighted by Crippen LogP contribution is -2.39. The highest BCUT2D eigenvalue weighted by Crippen LogP contribution is 2.53. The fraction of sp³-hybridized carbons (Fsp3) is 0.632. The van der Waals surface area contributed by atoms with Gasteiger partial charge in [0.2, 0.25) is 0 Å². The molecule has 2 saturated carbocycles. The van der Waals surface area contributed by atoms with Gasteiger partial charge in [-0.1, -0.05) is 11.5 Å². The SMILES string of the molecule is COOOSCS(=O)(=O)Oc1ccc(C(=O)OC(C)(C)C2CC3CCC2C3)cc1. The Bertz CT molecular complexity index is 806. The van der Waals surface area contributed by atoms with Crippen LogP contribution in [0.1, 0.15) is 49.9 Å². The number of hydrogen-bond donors (Lipinski definition) is 0. The zero-order chi connectivity index (χ0) is 21.1. The molecule has 0 aromatic heterocycles. The quantitative estimate of drug-likeness (QED) is 0.132. The number of rotatable bonds is 10. The first-order valence-electron chi connectivity index (χ1n) is 9.44. The number of esters is 1. The van der Waals surface area contributed by atoms with Gasteiger partial charge in [0.15, 0.2) is 5.08 Å². The molecule has 0 amide bonds. The molecule has 10 heteroatoms. The van der Waals surface area contributed by atoms with Crippen molar-refractivity contribution in [1.82, 2.24) is 0 Å². The summed E-state index contributed by atoms with van der Waals surface area (Å²) in [7, 11) is -2.69. The summed E-state index contributed by atoms with van der Waals surface area (Å²) < 4.78 is 38.9. The van der Waals surface area contributed by atoms with Crippen LogP contribution in [0, 0.1) is 17.8 Å². The Kier molecular flexibility index (Phi) is 7.10. The van der Waals surface area contributed by atoms with Gasteiger partial charge in [0.1, 0.15) is 11.4 Å². The summed E-state index contributed by atoms with van der Waals surface area (Å²) in [5, 5.41) is 3.60.